The Bertz CT molecular complexity index is 1010. The molecule has 0 bridgehead atoms. The van der Waals surface area contributed by atoms with Crippen LogP contribution in [0.3, 0.4) is 0 Å². The van der Waals surface area contributed by atoms with Crippen LogP contribution in [0.25, 0.3) is 10.6 Å². The van der Waals surface area contributed by atoms with Crippen molar-refractivity contribution in [3.63, 3.8) is 0 Å². The Morgan fingerprint density at radius 3 is 2.56 bits per heavy atom. The number of hydrogen-bond acceptors (Lipinski definition) is 6. The molecule has 8 heteroatoms. The van der Waals surface area contributed by atoms with E-state index < -0.39 is 0 Å². The van der Waals surface area contributed by atoms with E-state index in [1.54, 1.807) is 40.5 Å². The van der Waals surface area contributed by atoms with Crippen molar-refractivity contribution in [1.29, 1.82) is 0 Å². The molecular weight excluding hydrogens is 382 g/mol. The summed E-state index contributed by atoms with van der Waals surface area (Å²) in [5, 5.41) is 3.44. The lowest BCUT2D eigenvalue weighted by Gasteiger charge is -2.12. The summed E-state index contributed by atoms with van der Waals surface area (Å²) in [5.74, 6) is -0.229. The summed E-state index contributed by atoms with van der Waals surface area (Å²) < 4.78 is 4.93. The fourth-order valence-electron chi connectivity index (χ4n) is 2.83. The molecule has 1 aliphatic heterocycles. The van der Waals surface area contributed by atoms with Crippen LogP contribution in [0.15, 0.2) is 36.4 Å². The highest BCUT2D eigenvalue weighted by atomic mass is 32.1. The summed E-state index contributed by atoms with van der Waals surface area (Å²) in [4.78, 5) is 33.6. The van der Waals surface area contributed by atoms with Crippen LogP contribution in [0.5, 0.6) is 0 Å². The number of hydrogen-bond donors (Lipinski definition) is 1. The van der Waals surface area contributed by atoms with Gasteiger partial charge in [0.05, 0.1) is 17.1 Å². The standard InChI is InChI=1S/C19H17N3O3S2/c1-11-3-8-15(26-11)16-12(2)27-18(20-16)21-17(23)13-4-6-14(7-5-13)22-9-10-25-19(22)24/h3-8H,9-10H2,1-2H3,(H,20,21,23). The number of nitrogens with one attached hydrogen (secondary N) is 1. The first-order chi connectivity index (χ1) is 13.0. The number of ether oxygens (including phenoxy) is 1. The van der Waals surface area contributed by atoms with Crippen LogP contribution in [0.2, 0.25) is 0 Å². The molecule has 3 aromatic rings. The van der Waals surface area contributed by atoms with E-state index in [1.165, 1.54) is 16.2 Å². The van der Waals surface area contributed by atoms with Gasteiger partial charge in [0.25, 0.3) is 5.91 Å². The van der Waals surface area contributed by atoms with Gasteiger partial charge < -0.3 is 4.74 Å². The van der Waals surface area contributed by atoms with E-state index in [9.17, 15) is 9.59 Å². The van der Waals surface area contributed by atoms with Gasteiger partial charge in [0.15, 0.2) is 5.13 Å². The predicted octanol–water partition coefficient (Wildman–Crippen LogP) is 4.70. The average Bonchev–Trinajstić information content (AvgIpc) is 3.35. The molecule has 1 saturated heterocycles. The van der Waals surface area contributed by atoms with Crippen LogP contribution in [0.1, 0.15) is 20.1 Å². The van der Waals surface area contributed by atoms with E-state index in [1.807, 2.05) is 6.92 Å². The lowest BCUT2D eigenvalue weighted by atomic mass is 10.2. The van der Waals surface area contributed by atoms with Crippen molar-refractivity contribution < 1.29 is 14.3 Å². The fraction of sp³-hybridized carbons (Fsp3) is 0.211. The number of carbonyl (C=O) groups excluding carboxylic acids is 2. The molecule has 3 heterocycles. The van der Waals surface area contributed by atoms with Gasteiger partial charge in [-0.2, -0.15) is 0 Å². The number of anilines is 2. The summed E-state index contributed by atoms with van der Waals surface area (Å²) in [6.07, 6.45) is -0.359. The number of thiophene rings is 1. The molecule has 0 atom stereocenters. The Balaban J connectivity index is 1.48. The molecule has 0 aliphatic carbocycles. The largest absolute Gasteiger partial charge is 0.447 e. The Labute approximate surface area is 164 Å². The quantitative estimate of drug-likeness (QED) is 0.690. The zero-order chi connectivity index (χ0) is 19.0. The molecule has 0 saturated carbocycles. The van der Waals surface area contributed by atoms with E-state index in [-0.39, 0.29) is 12.0 Å². The number of nitrogens with zero attached hydrogens (tertiary/aromatic N) is 2. The molecule has 4 rings (SSSR count). The molecule has 1 aliphatic rings. The molecule has 138 valence electrons. The normalized spacial score (nSPS) is 13.7. The maximum atomic E-state index is 12.5. The van der Waals surface area contributed by atoms with Crippen LogP contribution in [0, 0.1) is 13.8 Å². The van der Waals surface area contributed by atoms with Crippen LogP contribution >= 0.6 is 22.7 Å². The third kappa shape index (κ3) is 3.58. The number of aryl methyl sites for hydroxylation is 2. The third-order valence-corrected chi connectivity index (χ3v) is 6.09. The number of cyclic esters (lactones) is 1. The SMILES string of the molecule is Cc1ccc(-c2nc(NC(=O)c3ccc(N4CCOC4=O)cc3)sc2C)s1. The lowest BCUT2D eigenvalue weighted by Crippen LogP contribution is -2.23. The van der Waals surface area contributed by atoms with Gasteiger partial charge in [-0.25, -0.2) is 9.78 Å². The van der Waals surface area contributed by atoms with Crippen LogP contribution in [-0.4, -0.2) is 30.1 Å². The van der Waals surface area contributed by atoms with Gasteiger partial charge in [0.1, 0.15) is 6.61 Å². The van der Waals surface area contributed by atoms with Gasteiger partial charge >= 0.3 is 6.09 Å². The number of rotatable bonds is 4. The number of benzene rings is 1. The number of amides is 2. The minimum Gasteiger partial charge on any atom is -0.447 e. The third-order valence-electron chi connectivity index (χ3n) is 4.19. The number of aromatic nitrogens is 1. The molecule has 1 aromatic carbocycles. The molecule has 1 N–H and O–H groups in total. The van der Waals surface area contributed by atoms with E-state index in [0.29, 0.717) is 23.8 Å². The summed E-state index contributed by atoms with van der Waals surface area (Å²) in [6, 6.07) is 11.0. The molecule has 0 radical (unpaired) electrons. The molecular formula is C19H17N3O3S2. The smallest absolute Gasteiger partial charge is 0.414 e. The van der Waals surface area contributed by atoms with E-state index in [0.717, 1.165) is 21.1 Å². The van der Waals surface area contributed by atoms with Gasteiger partial charge in [-0.15, -0.1) is 22.7 Å². The highest BCUT2D eigenvalue weighted by Crippen LogP contribution is 2.34. The van der Waals surface area contributed by atoms with Gasteiger partial charge in [-0.3, -0.25) is 15.0 Å². The average molecular weight is 399 g/mol. The topological polar surface area (TPSA) is 71.5 Å². The molecule has 2 aromatic heterocycles. The first-order valence-corrected chi connectivity index (χ1v) is 10.0. The Kier molecular flexibility index (Phi) is 4.67. The Morgan fingerprint density at radius 2 is 1.93 bits per heavy atom. The molecule has 6 nitrogen and oxygen atoms in total. The minimum absolute atomic E-state index is 0.229. The molecule has 0 unspecified atom stereocenters. The van der Waals surface area contributed by atoms with Gasteiger partial charge in [0, 0.05) is 21.0 Å². The number of carbonyl (C=O) groups is 2. The van der Waals surface area contributed by atoms with Gasteiger partial charge in [-0.1, -0.05) is 0 Å². The van der Waals surface area contributed by atoms with Crippen molar-refractivity contribution in [3.8, 4) is 10.6 Å². The van der Waals surface area contributed by atoms with Crippen LogP contribution in [-0.2, 0) is 4.74 Å². The summed E-state index contributed by atoms with van der Waals surface area (Å²) >= 11 is 3.15. The second-order valence-electron chi connectivity index (χ2n) is 6.10. The summed E-state index contributed by atoms with van der Waals surface area (Å²) in [6.45, 7) is 4.97. The van der Waals surface area contributed by atoms with Crippen molar-refractivity contribution in [1.82, 2.24) is 4.98 Å². The fourth-order valence-corrected chi connectivity index (χ4v) is 4.63. The van der Waals surface area contributed by atoms with Gasteiger partial charge in [-0.05, 0) is 50.2 Å². The molecule has 27 heavy (non-hydrogen) atoms. The number of thiazole rings is 1. The van der Waals surface area contributed by atoms with Crippen molar-refractivity contribution in [2.75, 3.05) is 23.4 Å². The summed E-state index contributed by atoms with van der Waals surface area (Å²) in [7, 11) is 0. The second kappa shape index (κ2) is 7.13. The Morgan fingerprint density at radius 1 is 1.15 bits per heavy atom. The van der Waals surface area contributed by atoms with Crippen molar-refractivity contribution in [3.05, 3.63) is 51.7 Å². The monoisotopic (exact) mass is 399 g/mol. The first kappa shape index (κ1) is 17.7. The zero-order valence-corrected chi connectivity index (χ0v) is 16.4. The maximum absolute atomic E-state index is 12.5. The van der Waals surface area contributed by atoms with E-state index in [4.69, 9.17) is 4.74 Å². The Hall–Kier alpha value is -2.71. The van der Waals surface area contributed by atoms with E-state index in [2.05, 4.69) is 29.4 Å². The maximum Gasteiger partial charge on any atom is 0.414 e. The molecule has 2 amide bonds. The summed E-state index contributed by atoms with van der Waals surface area (Å²) in [5.41, 5.74) is 2.14. The van der Waals surface area contributed by atoms with Crippen molar-refractivity contribution in [2.24, 2.45) is 0 Å². The van der Waals surface area contributed by atoms with Gasteiger partial charge in [0.2, 0.25) is 0 Å². The highest BCUT2D eigenvalue weighted by Gasteiger charge is 2.23. The first-order valence-electron chi connectivity index (χ1n) is 8.41. The highest BCUT2D eigenvalue weighted by molar-refractivity contribution is 7.18. The molecule has 1 fully saturated rings. The molecule has 0 spiro atoms. The lowest BCUT2D eigenvalue weighted by molar-refractivity contribution is 0.102. The minimum atomic E-state index is -0.359. The van der Waals surface area contributed by atoms with Crippen LogP contribution in [0.4, 0.5) is 15.6 Å². The zero-order valence-electron chi connectivity index (χ0n) is 14.8. The second-order valence-corrected chi connectivity index (χ2v) is 8.59. The van der Waals surface area contributed by atoms with E-state index >= 15 is 0 Å². The van der Waals surface area contributed by atoms with Crippen LogP contribution < -0.4 is 10.2 Å². The van der Waals surface area contributed by atoms with Crippen molar-refractivity contribution in [2.45, 2.75) is 13.8 Å². The predicted molar refractivity (Wildman–Crippen MR) is 108 cm³/mol. The van der Waals surface area contributed by atoms with Crippen molar-refractivity contribution >= 4 is 45.5 Å².